The van der Waals surface area contributed by atoms with Crippen LogP contribution in [-0.2, 0) is 16.3 Å². The molecule has 0 fully saturated rings. The predicted octanol–water partition coefficient (Wildman–Crippen LogP) is 2.85. The van der Waals surface area contributed by atoms with Crippen molar-refractivity contribution in [3.8, 4) is 0 Å². The molecular weight excluding hydrogens is 310 g/mol. The molecule has 5 heteroatoms. The van der Waals surface area contributed by atoms with E-state index >= 15 is 0 Å². The van der Waals surface area contributed by atoms with Crippen molar-refractivity contribution < 1.29 is 13.2 Å². The van der Waals surface area contributed by atoms with Crippen LogP contribution in [0, 0.1) is 0 Å². The summed E-state index contributed by atoms with van der Waals surface area (Å²) in [6.45, 7) is 0. The van der Waals surface area contributed by atoms with E-state index in [1.54, 1.807) is 24.1 Å². The van der Waals surface area contributed by atoms with E-state index in [2.05, 4.69) is 12.1 Å². The Hall–Kier alpha value is -2.14. The Kier molecular flexibility index (Phi) is 3.98. The molecule has 1 atom stereocenters. The minimum absolute atomic E-state index is 0.0771. The van der Waals surface area contributed by atoms with E-state index in [9.17, 15) is 13.2 Å². The molecule has 1 aliphatic rings. The van der Waals surface area contributed by atoms with Gasteiger partial charge in [-0.05, 0) is 48.2 Å². The third kappa shape index (κ3) is 3.01. The fourth-order valence-corrected chi connectivity index (χ4v) is 3.76. The van der Waals surface area contributed by atoms with E-state index in [0.717, 1.165) is 19.1 Å². The summed E-state index contributed by atoms with van der Waals surface area (Å²) in [5.74, 6) is -0.0910. The van der Waals surface area contributed by atoms with E-state index in [1.165, 1.54) is 23.3 Å². The highest BCUT2D eigenvalue weighted by molar-refractivity contribution is 7.90. The van der Waals surface area contributed by atoms with Crippen LogP contribution in [0.4, 0.5) is 0 Å². The largest absolute Gasteiger partial charge is 0.335 e. The molecule has 1 aliphatic carbocycles. The Morgan fingerprint density at radius 3 is 2.39 bits per heavy atom. The fraction of sp³-hybridized carbons (Fsp3) is 0.278. The van der Waals surface area contributed by atoms with E-state index < -0.39 is 9.84 Å². The molecule has 0 spiro atoms. The topological polar surface area (TPSA) is 54.5 Å². The Labute approximate surface area is 136 Å². The molecule has 120 valence electrons. The molecule has 0 unspecified atom stereocenters. The van der Waals surface area contributed by atoms with Crippen LogP contribution in [0.15, 0.2) is 53.4 Å². The lowest BCUT2D eigenvalue weighted by Gasteiger charge is -2.25. The van der Waals surface area contributed by atoms with Gasteiger partial charge in [0.2, 0.25) is 0 Å². The van der Waals surface area contributed by atoms with Gasteiger partial charge in [-0.25, -0.2) is 8.42 Å². The second-order valence-corrected chi connectivity index (χ2v) is 7.98. The summed E-state index contributed by atoms with van der Waals surface area (Å²) < 4.78 is 23.0. The van der Waals surface area contributed by atoms with Crippen LogP contribution >= 0.6 is 0 Å². The van der Waals surface area contributed by atoms with Crippen LogP contribution in [0.5, 0.6) is 0 Å². The van der Waals surface area contributed by atoms with Gasteiger partial charge in [0, 0.05) is 18.9 Å². The van der Waals surface area contributed by atoms with Gasteiger partial charge in [0.1, 0.15) is 0 Å². The first-order valence-corrected chi connectivity index (χ1v) is 9.42. The number of carbonyl (C=O) groups excluding carboxylic acids is 1. The van der Waals surface area contributed by atoms with Crippen molar-refractivity contribution in [3.05, 3.63) is 65.2 Å². The molecule has 0 aromatic heterocycles. The maximum Gasteiger partial charge on any atom is 0.254 e. The van der Waals surface area contributed by atoms with Crippen molar-refractivity contribution in [2.75, 3.05) is 13.3 Å². The number of amides is 1. The summed E-state index contributed by atoms with van der Waals surface area (Å²) in [5, 5.41) is 0. The van der Waals surface area contributed by atoms with Gasteiger partial charge in [-0.1, -0.05) is 24.3 Å². The van der Waals surface area contributed by atoms with Gasteiger partial charge in [-0.2, -0.15) is 0 Å². The van der Waals surface area contributed by atoms with Crippen LogP contribution in [0.25, 0.3) is 0 Å². The normalized spacial score (nSPS) is 16.9. The predicted molar refractivity (Wildman–Crippen MR) is 89.1 cm³/mol. The Morgan fingerprint density at radius 1 is 1.09 bits per heavy atom. The minimum atomic E-state index is -3.25. The monoisotopic (exact) mass is 329 g/mol. The van der Waals surface area contributed by atoms with E-state index in [-0.39, 0.29) is 16.8 Å². The Balaban J connectivity index is 1.84. The van der Waals surface area contributed by atoms with Gasteiger partial charge in [-0.15, -0.1) is 0 Å². The van der Waals surface area contributed by atoms with Crippen LogP contribution in [0.1, 0.15) is 33.9 Å². The molecule has 0 bridgehead atoms. The maximum atomic E-state index is 12.7. The molecule has 3 rings (SSSR count). The van der Waals surface area contributed by atoms with Crippen molar-refractivity contribution in [1.29, 1.82) is 0 Å². The number of rotatable bonds is 3. The number of sulfone groups is 1. The molecule has 23 heavy (non-hydrogen) atoms. The number of nitrogens with zero attached hydrogens (tertiary/aromatic N) is 1. The van der Waals surface area contributed by atoms with Gasteiger partial charge < -0.3 is 4.90 Å². The number of benzene rings is 2. The number of fused-ring (bicyclic) bond motifs is 1. The number of hydrogen-bond donors (Lipinski definition) is 0. The molecule has 0 heterocycles. The molecule has 0 aliphatic heterocycles. The van der Waals surface area contributed by atoms with Crippen molar-refractivity contribution in [2.24, 2.45) is 0 Å². The summed E-state index contributed by atoms with van der Waals surface area (Å²) >= 11 is 0. The lowest BCUT2D eigenvalue weighted by Crippen LogP contribution is -2.30. The highest BCUT2D eigenvalue weighted by atomic mass is 32.2. The van der Waals surface area contributed by atoms with Crippen molar-refractivity contribution in [2.45, 2.75) is 23.8 Å². The highest BCUT2D eigenvalue weighted by Gasteiger charge is 2.28. The van der Waals surface area contributed by atoms with Gasteiger partial charge in [0.25, 0.3) is 5.91 Å². The second kappa shape index (κ2) is 5.81. The quantitative estimate of drug-likeness (QED) is 0.870. The Morgan fingerprint density at radius 2 is 1.74 bits per heavy atom. The molecule has 0 saturated carbocycles. The number of aryl methyl sites for hydroxylation is 1. The molecule has 0 saturated heterocycles. The van der Waals surface area contributed by atoms with Crippen LogP contribution in [0.3, 0.4) is 0 Å². The molecule has 0 radical (unpaired) electrons. The zero-order valence-corrected chi connectivity index (χ0v) is 14.0. The van der Waals surface area contributed by atoms with Gasteiger partial charge in [-0.3, -0.25) is 4.79 Å². The van der Waals surface area contributed by atoms with Crippen molar-refractivity contribution in [1.82, 2.24) is 4.90 Å². The molecule has 1 amide bonds. The zero-order chi connectivity index (χ0) is 16.6. The smallest absolute Gasteiger partial charge is 0.254 e. The average molecular weight is 329 g/mol. The maximum absolute atomic E-state index is 12.7. The summed E-state index contributed by atoms with van der Waals surface area (Å²) in [6, 6.07) is 14.4. The van der Waals surface area contributed by atoms with Gasteiger partial charge in [0.05, 0.1) is 10.9 Å². The van der Waals surface area contributed by atoms with Crippen LogP contribution < -0.4 is 0 Å². The SMILES string of the molecule is CN(C(=O)c1ccc(S(C)(=O)=O)cc1)[C@@H]1CCc2ccccc21. The molecule has 2 aromatic carbocycles. The molecular formula is C18H19NO3S. The second-order valence-electron chi connectivity index (χ2n) is 5.97. The number of hydrogen-bond acceptors (Lipinski definition) is 3. The first-order chi connectivity index (χ1) is 10.9. The molecule has 0 N–H and O–H groups in total. The standard InChI is InChI=1S/C18H19NO3S/c1-19(17-12-9-13-5-3-4-6-16(13)17)18(20)14-7-10-15(11-8-14)23(2,21)22/h3-8,10-11,17H,9,12H2,1-2H3/t17-/m1/s1. The third-order valence-corrected chi connectivity index (χ3v) is 5.55. The molecule has 4 nitrogen and oxygen atoms in total. The first-order valence-electron chi connectivity index (χ1n) is 7.53. The Bertz CT molecular complexity index is 841. The average Bonchev–Trinajstić information content (AvgIpc) is 2.97. The summed E-state index contributed by atoms with van der Waals surface area (Å²) in [5.41, 5.74) is 3.00. The van der Waals surface area contributed by atoms with E-state index in [1.807, 2.05) is 12.1 Å². The first kappa shape index (κ1) is 15.7. The number of carbonyl (C=O) groups is 1. The van der Waals surface area contributed by atoms with Crippen LogP contribution in [-0.4, -0.2) is 32.5 Å². The van der Waals surface area contributed by atoms with Crippen molar-refractivity contribution in [3.63, 3.8) is 0 Å². The summed E-state index contributed by atoms with van der Waals surface area (Å²) in [7, 11) is -1.44. The van der Waals surface area contributed by atoms with E-state index in [0.29, 0.717) is 5.56 Å². The van der Waals surface area contributed by atoms with Crippen LogP contribution in [0.2, 0.25) is 0 Å². The minimum Gasteiger partial charge on any atom is -0.335 e. The van der Waals surface area contributed by atoms with Crippen molar-refractivity contribution >= 4 is 15.7 Å². The van der Waals surface area contributed by atoms with E-state index in [4.69, 9.17) is 0 Å². The summed E-state index contributed by atoms with van der Waals surface area (Å²) in [4.78, 5) is 14.7. The lowest BCUT2D eigenvalue weighted by molar-refractivity contribution is 0.0730. The highest BCUT2D eigenvalue weighted by Crippen LogP contribution is 2.35. The summed E-state index contributed by atoms with van der Waals surface area (Å²) in [6.07, 6.45) is 3.06. The fourth-order valence-electron chi connectivity index (χ4n) is 3.13. The third-order valence-electron chi connectivity index (χ3n) is 4.42. The zero-order valence-electron chi connectivity index (χ0n) is 13.2. The van der Waals surface area contributed by atoms with Gasteiger partial charge in [0.15, 0.2) is 9.84 Å². The lowest BCUT2D eigenvalue weighted by atomic mass is 10.1. The van der Waals surface area contributed by atoms with Gasteiger partial charge >= 0.3 is 0 Å². The molecule has 2 aromatic rings.